The van der Waals surface area contributed by atoms with Crippen molar-refractivity contribution < 1.29 is 25.8 Å². The Hall–Kier alpha value is -2.84. The number of methoxy groups -OCH3 is 1. The van der Waals surface area contributed by atoms with E-state index >= 15 is 8.78 Å². The van der Waals surface area contributed by atoms with E-state index in [0.717, 1.165) is 16.9 Å². The number of fused-ring (bicyclic) bond motifs is 2. The molecule has 6 nitrogen and oxygen atoms in total. The van der Waals surface area contributed by atoms with Crippen LogP contribution in [0.5, 0.6) is 0 Å². The molecule has 38 heavy (non-hydrogen) atoms. The number of hydrogen-bond acceptors (Lipinski definition) is 5. The molecule has 1 aliphatic rings. The fourth-order valence-electron chi connectivity index (χ4n) is 5.73. The number of halogens is 2. The molecule has 0 saturated carbocycles. The van der Waals surface area contributed by atoms with Crippen molar-refractivity contribution in [1.82, 2.24) is 14.9 Å². The fourth-order valence-corrected chi connectivity index (χ4v) is 5.73. The van der Waals surface area contributed by atoms with E-state index in [9.17, 15) is 4.79 Å². The van der Waals surface area contributed by atoms with Crippen LogP contribution in [-0.4, -0.2) is 60.2 Å². The third-order valence-corrected chi connectivity index (χ3v) is 7.27. The summed E-state index contributed by atoms with van der Waals surface area (Å²) in [6.45, 7) is 3.44. The summed E-state index contributed by atoms with van der Waals surface area (Å²) in [4.78, 5) is 22.2. The number of ether oxygens (including phenoxy) is 2. The van der Waals surface area contributed by atoms with Gasteiger partial charge in [-0.1, -0.05) is 43.7 Å². The van der Waals surface area contributed by atoms with E-state index in [1.165, 1.54) is 18.1 Å². The van der Waals surface area contributed by atoms with Crippen LogP contribution in [0, 0.1) is 12.8 Å². The van der Waals surface area contributed by atoms with Crippen LogP contribution >= 0.6 is 0 Å². The fraction of sp³-hybridized carbons (Fsp3) is 0.533. The van der Waals surface area contributed by atoms with Gasteiger partial charge in [-0.05, 0) is 56.6 Å². The summed E-state index contributed by atoms with van der Waals surface area (Å²) in [5, 5.41) is 0. The normalized spacial score (nSPS) is 21.9. The Morgan fingerprint density at radius 2 is 2.05 bits per heavy atom. The second-order valence-electron chi connectivity index (χ2n) is 10.7. The number of benzene rings is 2. The van der Waals surface area contributed by atoms with Gasteiger partial charge in [-0.15, -0.1) is 0 Å². The van der Waals surface area contributed by atoms with E-state index in [0.29, 0.717) is 30.5 Å². The lowest BCUT2D eigenvalue weighted by Crippen LogP contribution is -2.52. The highest BCUT2D eigenvalue weighted by Gasteiger charge is 2.57. The number of alkyl halides is 2. The van der Waals surface area contributed by atoms with E-state index < -0.39 is 49.4 Å². The van der Waals surface area contributed by atoms with Gasteiger partial charge in [0.2, 0.25) is 0 Å². The maximum atomic E-state index is 15.8. The zero-order valence-corrected chi connectivity index (χ0v) is 22.8. The minimum atomic E-state index is -3.31. The number of aryl methyl sites for hydroxylation is 2. The molecule has 8 heteroatoms. The molecule has 0 bridgehead atoms. The monoisotopic (exact) mass is 529 g/mol. The molecule has 4 rings (SSSR count). The molecule has 0 spiro atoms. The molecular formula is C30H39F2N3O3. The SMILES string of the molecule is [2H]C([2H])(C[C@@]1(OC(=O)COC)CC(F)(F)c2cc(C)ccc2[C@@H]1C(C)C)N(C)CCCc1nc2ccccc2[nH]1. The molecular weight excluding hydrogens is 488 g/mol. The lowest BCUT2D eigenvalue weighted by atomic mass is 9.64. The first-order valence-corrected chi connectivity index (χ1v) is 13.1. The number of carbonyl (C=O) groups is 1. The highest BCUT2D eigenvalue weighted by molar-refractivity contribution is 5.74. The van der Waals surface area contributed by atoms with Crippen LogP contribution in [0.25, 0.3) is 11.0 Å². The van der Waals surface area contributed by atoms with Crippen molar-refractivity contribution in [3.05, 3.63) is 65.0 Å². The Morgan fingerprint density at radius 1 is 1.29 bits per heavy atom. The smallest absolute Gasteiger partial charge is 0.332 e. The number of aromatic nitrogens is 2. The van der Waals surface area contributed by atoms with Crippen LogP contribution in [0.2, 0.25) is 0 Å². The molecule has 206 valence electrons. The van der Waals surface area contributed by atoms with Gasteiger partial charge in [0, 0.05) is 40.7 Å². The Labute approximate surface area is 226 Å². The van der Waals surface area contributed by atoms with Crippen molar-refractivity contribution in [2.75, 3.05) is 33.8 Å². The number of H-pyrrole nitrogens is 1. The van der Waals surface area contributed by atoms with Crippen molar-refractivity contribution in [3.8, 4) is 0 Å². The van der Waals surface area contributed by atoms with Gasteiger partial charge in [0.05, 0.1) is 17.5 Å². The van der Waals surface area contributed by atoms with Crippen LogP contribution in [0.15, 0.2) is 42.5 Å². The average Bonchev–Trinajstić information content (AvgIpc) is 3.26. The number of hydrogen-bond donors (Lipinski definition) is 1. The van der Waals surface area contributed by atoms with Gasteiger partial charge in [-0.2, -0.15) is 0 Å². The molecule has 1 heterocycles. The summed E-state index contributed by atoms with van der Waals surface area (Å²) in [5.41, 5.74) is 1.05. The van der Waals surface area contributed by atoms with Crippen LogP contribution in [0.3, 0.4) is 0 Å². The number of aromatic amines is 1. The second-order valence-corrected chi connectivity index (χ2v) is 10.7. The van der Waals surface area contributed by atoms with Crippen molar-refractivity contribution in [3.63, 3.8) is 0 Å². The lowest BCUT2D eigenvalue weighted by molar-refractivity contribution is -0.188. The number of para-hydroxylation sites is 2. The van der Waals surface area contributed by atoms with Crippen LogP contribution < -0.4 is 0 Å². The Morgan fingerprint density at radius 3 is 2.76 bits per heavy atom. The minimum absolute atomic E-state index is 0.0793. The first-order valence-electron chi connectivity index (χ1n) is 14.1. The summed E-state index contributed by atoms with van der Waals surface area (Å²) in [6, 6.07) is 12.7. The predicted octanol–water partition coefficient (Wildman–Crippen LogP) is 5.99. The number of nitrogens with zero attached hydrogens (tertiary/aromatic N) is 2. The minimum Gasteiger partial charge on any atom is -0.456 e. The molecule has 2 aromatic carbocycles. The van der Waals surface area contributed by atoms with Gasteiger partial charge in [0.1, 0.15) is 18.0 Å². The number of nitrogens with one attached hydrogen (secondary N) is 1. The number of esters is 1. The zero-order chi connectivity index (χ0) is 29.3. The van der Waals surface area contributed by atoms with Crippen molar-refractivity contribution in [2.45, 2.75) is 63.9 Å². The van der Waals surface area contributed by atoms with Crippen LogP contribution in [-0.2, 0) is 26.6 Å². The predicted molar refractivity (Wildman–Crippen MR) is 144 cm³/mol. The standard InChI is InChI=1S/C30H39F2N3O3/c1-20(2)28-22-13-12-21(3)17-23(22)30(31,32)19-29(28,38-27(36)18-37-5)14-16-35(4)15-8-11-26-33-24-9-6-7-10-25(24)34-26/h6-7,9-10,12-13,17,20,28H,8,11,14-16,18-19H2,1-5H3,(H,33,34)/t28-,29+/m0/s1/i16D2. The molecule has 0 unspecified atom stereocenters. The van der Waals surface area contributed by atoms with E-state index in [1.54, 1.807) is 26.1 Å². The van der Waals surface area contributed by atoms with Gasteiger partial charge in [-0.25, -0.2) is 18.6 Å². The van der Waals surface area contributed by atoms with Crippen molar-refractivity contribution in [2.24, 2.45) is 5.92 Å². The molecule has 3 aromatic rings. The van der Waals surface area contributed by atoms with Gasteiger partial charge in [0.25, 0.3) is 5.92 Å². The van der Waals surface area contributed by atoms with E-state index in [4.69, 9.17) is 12.2 Å². The highest BCUT2D eigenvalue weighted by atomic mass is 19.3. The van der Waals surface area contributed by atoms with Crippen molar-refractivity contribution >= 4 is 17.0 Å². The molecule has 1 aliphatic carbocycles. The maximum Gasteiger partial charge on any atom is 0.332 e. The second kappa shape index (κ2) is 11.5. The summed E-state index contributed by atoms with van der Waals surface area (Å²) < 4.78 is 60.5. The Balaban J connectivity index is 1.61. The molecule has 0 radical (unpaired) electrons. The van der Waals surface area contributed by atoms with Crippen LogP contribution in [0.4, 0.5) is 8.78 Å². The average molecular weight is 530 g/mol. The van der Waals surface area contributed by atoms with E-state index in [2.05, 4.69) is 9.97 Å². The van der Waals surface area contributed by atoms with E-state index in [1.807, 2.05) is 38.1 Å². The topological polar surface area (TPSA) is 67.5 Å². The van der Waals surface area contributed by atoms with E-state index in [-0.39, 0.29) is 11.5 Å². The largest absolute Gasteiger partial charge is 0.456 e. The molecule has 0 amide bonds. The summed E-state index contributed by atoms with van der Waals surface area (Å²) in [6.07, 6.45) is -0.0237. The molecule has 2 atom stereocenters. The third kappa shape index (κ3) is 6.07. The molecule has 0 aliphatic heterocycles. The Kier molecular flexibility index (Phi) is 7.70. The highest BCUT2D eigenvalue weighted by Crippen LogP contribution is 2.55. The number of imidazole rings is 1. The first-order chi connectivity index (χ1) is 18.8. The molecule has 0 saturated heterocycles. The summed E-state index contributed by atoms with van der Waals surface area (Å²) in [5.74, 6) is -4.14. The molecule has 1 aromatic heterocycles. The molecule has 0 fully saturated rings. The quantitative estimate of drug-likeness (QED) is 0.309. The summed E-state index contributed by atoms with van der Waals surface area (Å²) in [7, 11) is 2.96. The van der Waals surface area contributed by atoms with Gasteiger partial charge < -0.3 is 19.4 Å². The third-order valence-electron chi connectivity index (χ3n) is 7.27. The van der Waals surface area contributed by atoms with Gasteiger partial charge >= 0.3 is 5.97 Å². The van der Waals surface area contributed by atoms with Crippen molar-refractivity contribution in [1.29, 1.82) is 0 Å². The first kappa shape index (κ1) is 25.4. The maximum absolute atomic E-state index is 15.8. The number of rotatable bonds is 11. The Bertz CT molecular complexity index is 1310. The van der Waals surface area contributed by atoms with Crippen LogP contribution in [0.1, 0.15) is 64.3 Å². The van der Waals surface area contributed by atoms with Gasteiger partial charge in [-0.3, -0.25) is 0 Å². The zero-order valence-electron chi connectivity index (χ0n) is 24.8. The summed E-state index contributed by atoms with van der Waals surface area (Å²) >= 11 is 0. The van der Waals surface area contributed by atoms with Gasteiger partial charge in [0.15, 0.2) is 0 Å². The lowest BCUT2D eigenvalue weighted by Gasteiger charge is -2.49. The number of carbonyl (C=O) groups excluding carboxylic acids is 1. The molecule has 1 N–H and O–H groups in total.